The zero-order chi connectivity index (χ0) is 21.2. The van der Waals surface area contributed by atoms with Crippen LogP contribution in [0, 0.1) is 5.82 Å². The van der Waals surface area contributed by atoms with Gasteiger partial charge in [-0.2, -0.15) is 0 Å². The third-order valence-corrected chi connectivity index (χ3v) is 5.76. The van der Waals surface area contributed by atoms with Gasteiger partial charge in [0.15, 0.2) is 0 Å². The van der Waals surface area contributed by atoms with E-state index in [1.807, 2.05) is 41.3 Å². The molecule has 1 fully saturated rings. The molecular formula is C25H22FN3O2. The Morgan fingerprint density at radius 1 is 1.10 bits per heavy atom. The second-order valence-electron chi connectivity index (χ2n) is 7.86. The molecule has 1 amide bonds. The summed E-state index contributed by atoms with van der Waals surface area (Å²) >= 11 is 0. The fourth-order valence-corrected chi connectivity index (χ4v) is 4.26. The number of halogens is 1. The summed E-state index contributed by atoms with van der Waals surface area (Å²) in [5, 5.41) is 1.83. The van der Waals surface area contributed by atoms with Crippen molar-refractivity contribution >= 4 is 16.7 Å². The molecule has 0 bridgehead atoms. The van der Waals surface area contributed by atoms with Crippen molar-refractivity contribution in [1.29, 1.82) is 0 Å². The van der Waals surface area contributed by atoms with Gasteiger partial charge in [-0.25, -0.2) is 9.37 Å². The van der Waals surface area contributed by atoms with Gasteiger partial charge in [0.1, 0.15) is 23.3 Å². The number of benzene rings is 2. The van der Waals surface area contributed by atoms with Crippen LogP contribution >= 0.6 is 0 Å². The highest BCUT2D eigenvalue weighted by Gasteiger charge is 2.33. The van der Waals surface area contributed by atoms with E-state index in [0.29, 0.717) is 30.3 Å². The molecule has 31 heavy (non-hydrogen) atoms. The maximum absolute atomic E-state index is 13.5. The zero-order valence-electron chi connectivity index (χ0n) is 17.0. The second kappa shape index (κ2) is 8.30. The standard InChI is InChI=1S/C25H22FN3O2/c26-19-8-5-6-17(14-19)15-20-16-28-24(31-20)22-10-3-4-13-29(22)25(30)23-21-9-2-1-7-18(21)11-12-27-23/h1-2,5-9,11-12,14,16,22H,3-4,10,13,15H2. The minimum absolute atomic E-state index is 0.105. The smallest absolute Gasteiger partial charge is 0.273 e. The number of aromatic nitrogens is 2. The summed E-state index contributed by atoms with van der Waals surface area (Å²) in [6.45, 7) is 0.635. The lowest BCUT2D eigenvalue weighted by atomic mass is 10.0. The fourth-order valence-electron chi connectivity index (χ4n) is 4.26. The number of oxazole rings is 1. The van der Waals surface area contributed by atoms with Crippen molar-refractivity contribution in [2.24, 2.45) is 0 Å². The Hall–Kier alpha value is -3.54. The molecule has 1 aliphatic heterocycles. The summed E-state index contributed by atoms with van der Waals surface area (Å²) in [7, 11) is 0. The fraction of sp³-hybridized carbons (Fsp3) is 0.240. The highest BCUT2D eigenvalue weighted by atomic mass is 19.1. The molecule has 156 valence electrons. The number of rotatable bonds is 4. The van der Waals surface area contributed by atoms with E-state index in [1.165, 1.54) is 12.1 Å². The van der Waals surface area contributed by atoms with Crippen molar-refractivity contribution in [3.63, 3.8) is 0 Å². The van der Waals surface area contributed by atoms with Crippen molar-refractivity contribution < 1.29 is 13.6 Å². The quantitative estimate of drug-likeness (QED) is 0.453. The molecule has 0 aliphatic carbocycles. The predicted molar refractivity (Wildman–Crippen MR) is 115 cm³/mol. The lowest BCUT2D eigenvalue weighted by Crippen LogP contribution is -2.39. The topological polar surface area (TPSA) is 59.2 Å². The number of nitrogens with zero attached hydrogens (tertiary/aromatic N) is 3. The van der Waals surface area contributed by atoms with Crippen LogP contribution in [-0.4, -0.2) is 27.3 Å². The molecule has 2 aromatic carbocycles. The first-order valence-electron chi connectivity index (χ1n) is 10.5. The van der Waals surface area contributed by atoms with Crippen molar-refractivity contribution in [3.05, 3.63) is 95.7 Å². The Kier molecular flexibility index (Phi) is 5.20. The Morgan fingerprint density at radius 3 is 2.90 bits per heavy atom. The maximum atomic E-state index is 13.5. The zero-order valence-corrected chi connectivity index (χ0v) is 17.0. The molecule has 6 heteroatoms. The number of fused-ring (bicyclic) bond motifs is 1. The van der Waals surface area contributed by atoms with Crippen LogP contribution in [0.15, 0.2) is 71.4 Å². The first kappa shape index (κ1) is 19.4. The Morgan fingerprint density at radius 2 is 2.00 bits per heavy atom. The molecule has 1 unspecified atom stereocenters. The highest BCUT2D eigenvalue weighted by Crippen LogP contribution is 2.33. The van der Waals surface area contributed by atoms with Crippen LogP contribution in [0.1, 0.15) is 53.0 Å². The van der Waals surface area contributed by atoms with Crippen LogP contribution in [0.25, 0.3) is 10.8 Å². The SMILES string of the molecule is O=C(c1nccc2ccccc12)N1CCCCC1c1ncc(Cc2cccc(F)c2)o1. The number of pyridine rings is 1. The molecule has 0 saturated carbocycles. The third-order valence-electron chi connectivity index (χ3n) is 5.76. The molecule has 2 aromatic heterocycles. The van der Waals surface area contributed by atoms with Gasteiger partial charge in [0.2, 0.25) is 5.89 Å². The van der Waals surface area contributed by atoms with Crippen molar-refractivity contribution in [1.82, 2.24) is 14.9 Å². The number of hydrogen-bond acceptors (Lipinski definition) is 4. The number of carbonyl (C=O) groups is 1. The van der Waals surface area contributed by atoms with Crippen LogP contribution in [0.2, 0.25) is 0 Å². The van der Waals surface area contributed by atoms with E-state index < -0.39 is 0 Å². The summed E-state index contributed by atoms with van der Waals surface area (Å²) in [6, 6.07) is 15.9. The second-order valence-corrected chi connectivity index (χ2v) is 7.86. The van der Waals surface area contributed by atoms with Gasteiger partial charge >= 0.3 is 0 Å². The molecule has 0 N–H and O–H groups in total. The molecule has 0 radical (unpaired) electrons. The lowest BCUT2D eigenvalue weighted by molar-refractivity contribution is 0.0566. The Bertz CT molecular complexity index is 1230. The monoisotopic (exact) mass is 415 g/mol. The van der Waals surface area contributed by atoms with E-state index in [9.17, 15) is 9.18 Å². The number of amides is 1. The van der Waals surface area contributed by atoms with Crippen molar-refractivity contribution in [2.75, 3.05) is 6.54 Å². The van der Waals surface area contributed by atoms with Gasteiger partial charge in [-0.05, 0) is 48.4 Å². The van der Waals surface area contributed by atoms with E-state index in [-0.39, 0.29) is 17.8 Å². The van der Waals surface area contributed by atoms with Gasteiger partial charge < -0.3 is 9.32 Å². The average molecular weight is 415 g/mol. The lowest BCUT2D eigenvalue weighted by Gasteiger charge is -2.33. The summed E-state index contributed by atoms with van der Waals surface area (Å²) in [5.74, 6) is 0.803. The summed E-state index contributed by atoms with van der Waals surface area (Å²) in [6.07, 6.45) is 6.53. The van der Waals surface area contributed by atoms with Crippen molar-refractivity contribution in [3.8, 4) is 0 Å². The summed E-state index contributed by atoms with van der Waals surface area (Å²) in [5.41, 5.74) is 1.27. The van der Waals surface area contributed by atoms with Crippen LogP contribution in [0.3, 0.4) is 0 Å². The molecule has 5 nitrogen and oxygen atoms in total. The van der Waals surface area contributed by atoms with E-state index >= 15 is 0 Å². The first-order valence-corrected chi connectivity index (χ1v) is 10.5. The molecule has 0 spiro atoms. The number of carbonyl (C=O) groups excluding carboxylic acids is 1. The van der Waals surface area contributed by atoms with E-state index in [2.05, 4.69) is 9.97 Å². The molecule has 4 aromatic rings. The van der Waals surface area contributed by atoms with Crippen molar-refractivity contribution in [2.45, 2.75) is 31.7 Å². The number of hydrogen-bond donors (Lipinski definition) is 0. The average Bonchev–Trinajstić information content (AvgIpc) is 3.26. The van der Waals surface area contributed by atoms with Gasteiger partial charge in [0.25, 0.3) is 5.91 Å². The van der Waals surface area contributed by atoms with Crippen LogP contribution in [0.5, 0.6) is 0 Å². The summed E-state index contributed by atoms with van der Waals surface area (Å²) in [4.78, 5) is 24.2. The van der Waals surface area contributed by atoms with Crippen LogP contribution < -0.4 is 0 Å². The van der Waals surface area contributed by atoms with E-state index in [0.717, 1.165) is 35.6 Å². The molecule has 1 atom stereocenters. The number of likely N-dealkylation sites (tertiary alicyclic amines) is 1. The maximum Gasteiger partial charge on any atom is 0.273 e. The van der Waals surface area contributed by atoms with Gasteiger partial charge in [0.05, 0.1) is 6.20 Å². The van der Waals surface area contributed by atoms with E-state index in [4.69, 9.17) is 4.42 Å². The van der Waals surface area contributed by atoms with Gasteiger partial charge in [-0.15, -0.1) is 0 Å². The molecule has 5 rings (SSSR count). The molecule has 1 saturated heterocycles. The highest BCUT2D eigenvalue weighted by molar-refractivity contribution is 6.05. The van der Waals surface area contributed by atoms with Gasteiger partial charge in [-0.3, -0.25) is 9.78 Å². The minimum atomic E-state index is -0.274. The Balaban J connectivity index is 1.42. The Labute approximate surface area is 179 Å². The molecule has 3 heterocycles. The molecule has 1 aliphatic rings. The first-order chi connectivity index (χ1) is 15.2. The van der Waals surface area contributed by atoms with E-state index in [1.54, 1.807) is 18.5 Å². The third kappa shape index (κ3) is 3.93. The number of piperidine rings is 1. The van der Waals surface area contributed by atoms with Gasteiger partial charge in [-0.1, -0.05) is 36.4 Å². The van der Waals surface area contributed by atoms with Gasteiger partial charge in [0, 0.05) is 24.5 Å². The molecular weight excluding hydrogens is 393 g/mol. The minimum Gasteiger partial charge on any atom is -0.443 e. The largest absolute Gasteiger partial charge is 0.443 e. The van der Waals surface area contributed by atoms with Crippen LogP contribution in [0.4, 0.5) is 4.39 Å². The normalized spacial score (nSPS) is 16.5. The van der Waals surface area contributed by atoms with Crippen LogP contribution in [-0.2, 0) is 6.42 Å². The predicted octanol–water partition coefficient (Wildman–Crippen LogP) is 5.32. The summed E-state index contributed by atoms with van der Waals surface area (Å²) < 4.78 is 19.5.